The molecule has 0 bridgehead atoms. The van der Waals surface area contributed by atoms with Gasteiger partial charge >= 0.3 is 23.9 Å². The van der Waals surface area contributed by atoms with Gasteiger partial charge in [-0.15, -0.1) is 0 Å². The number of carbonyl (C=O) groups is 4. The highest BCUT2D eigenvalue weighted by atomic mass is 16.7. The molecule has 1 saturated heterocycles. The first-order valence-corrected chi connectivity index (χ1v) is 21.9. The summed E-state index contributed by atoms with van der Waals surface area (Å²) in [6, 6.07) is 0. The van der Waals surface area contributed by atoms with Gasteiger partial charge in [0.15, 0.2) is 5.79 Å². The third-order valence-electron chi connectivity index (χ3n) is 10.4. The molecule has 1 heterocycles. The quantitative estimate of drug-likeness (QED) is 0.0355. The largest absolute Gasteiger partial charge is 0.465 e. The van der Waals surface area contributed by atoms with Gasteiger partial charge in [0, 0.05) is 12.8 Å². The van der Waals surface area contributed by atoms with E-state index in [1.807, 2.05) is 13.8 Å². The molecule has 0 aromatic rings. The van der Waals surface area contributed by atoms with Gasteiger partial charge in [0.05, 0.1) is 43.7 Å². The van der Waals surface area contributed by atoms with E-state index in [9.17, 15) is 19.2 Å². The third kappa shape index (κ3) is 24.3. The zero-order valence-electron chi connectivity index (χ0n) is 35.5. The molecule has 0 radical (unpaired) electrons. The van der Waals surface area contributed by atoms with Crippen LogP contribution in [0.3, 0.4) is 0 Å². The molecule has 0 aromatic carbocycles. The number of unbranched alkanes of at least 4 members (excludes halogenated alkanes) is 12. The highest BCUT2D eigenvalue weighted by Gasteiger charge is 2.42. The average Bonchev–Trinajstić information content (AvgIpc) is 3.16. The second kappa shape index (κ2) is 31.0. The lowest BCUT2D eigenvalue weighted by molar-refractivity contribution is -0.296. The van der Waals surface area contributed by atoms with Crippen LogP contribution < -0.4 is 0 Å². The van der Waals surface area contributed by atoms with Gasteiger partial charge < -0.3 is 28.4 Å². The van der Waals surface area contributed by atoms with Gasteiger partial charge in [-0.05, 0) is 78.1 Å². The number of rotatable bonds is 34. The van der Waals surface area contributed by atoms with E-state index in [2.05, 4.69) is 27.7 Å². The molecule has 2 unspecified atom stereocenters. The zero-order chi connectivity index (χ0) is 39.9. The van der Waals surface area contributed by atoms with Crippen molar-refractivity contribution < 1.29 is 47.6 Å². The summed E-state index contributed by atoms with van der Waals surface area (Å²) in [4.78, 5) is 50.7. The summed E-state index contributed by atoms with van der Waals surface area (Å²) >= 11 is 0. The lowest BCUT2D eigenvalue weighted by Gasteiger charge is -2.42. The van der Waals surface area contributed by atoms with Crippen molar-refractivity contribution in [1.29, 1.82) is 0 Å². The lowest BCUT2D eigenvalue weighted by atomic mass is 9.91. The van der Waals surface area contributed by atoms with Gasteiger partial charge in [0.1, 0.15) is 13.2 Å². The molecule has 0 aromatic heterocycles. The molecule has 0 spiro atoms. The molecule has 1 rings (SSSR count). The normalized spacial score (nSPS) is 16.0. The first kappa shape index (κ1) is 49.8. The van der Waals surface area contributed by atoms with Crippen molar-refractivity contribution in [2.75, 3.05) is 39.6 Å². The number of esters is 4. The molecular weight excluding hydrogens is 688 g/mol. The van der Waals surface area contributed by atoms with Crippen molar-refractivity contribution in [3.05, 3.63) is 0 Å². The summed E-state index contributed by atoms with van der Waals surface area (Å²) in [6.45, 7) is 13.5. The monoisotopic (exact) mass is 769 g/mol. The summed E-state index contributed by atoms with van der Waals surface area (Å²) in [6.07, 6.45) is 21.7. The summed E-state index contributed by atoms with van der Waals surface area (Å²) in [7, 11) is 0. The van der Waals surface area contributed by atoms with Gasteiger partial charge in [0.25, 0.3) is 0 Å². The summed E-state index contributed by atoms with van der Waals surface area (Å²) < 4.78 is 34.3. The van der Waals surface area contributed by atoms with Crippen LogP contribution in [0, 0.1) is 17.3 Å². The van der Waals surface area contributed by atoms with Gasteiger partial charge in [-0.1, -0.05) is 105 Å². The SMILES string of the molecule is CCCCCCC(CCCC)C(=O)OCCCCCC(=O)OCC1(COC(=O)CCCCCOC(=O)C(CCCC)CCCCCC)COC(C)(C)OC1. The molecule has 1 fully saturated rings. The zero-order valence-corrected chi connectivity index (χ0v) is 35.5. The van der Waals surface area contributed by atoms with Crippen LogP contribution >= 0.6 is 0 Å². The topological polar surface area (TPSA) is 124 Å². The Kier molecular flexibility index (Phi) is 28.6. The van der Waals surface area contributed by atoms with E-state index in [4.69, 9.17) is 28.4 Å². The van der Waals surface area contributed by atoms with Crippen molar-refractivity contribution >= 4 is 23.9 Å². The number of carbonyl (C=O) groups excluding carboxylic acids is 4. The van der Waals surface area contributed by atoms with Crippen LogP contribution in [0.2, 0.25) is 0 Å². The molecule has 1 aliphatic heterocycles. The van der Waals surface area contributed by atoms with Crippen molar-refractivity contribution in [2.24, 2.45) is 17.3 Å². The van der Waals surface area contributed by atoms with Gasteiger partial charge in [-0.2, -0.15) is 0 Å². The average molecular weight is 769 g/mol. The smallest absolute Gasteiger partial charge is 0.308 e. The minimum Gasteiger partial charge on any atom is -0.465 e. The van der Waals surface area contributed by atoms with Crippen LogP contribution in [0.15, 0.2) is 0 Å². The maximum absolute atomic E-state index is 12.7. The van der Waals surface area contributed by atoms with E-state index < -0.39 is 11.2 Å². The lowest BCUT2D eigenvalue weighted by Crippen LogP contribution is -2.51. The van der Waals surface area contributed by atoms with Crippen molar-refractivity contribution in [1.82, 2.24) is 0 Å². The van der Waals surface area contributed by atoms with Crippen LogP contribution in [-0.2, 0) is 47.6 Å². The van der Waals surface area contributed by atoms with Crippen molar-refractivity contribution in [2.45, 2.75) is 201 Å². The highest BCUT2D eigenvalue weighted by Crippen LogP contribution is 2.31. The first-order chi connectivity index (χ1) is 26.0. The van der Waals surface area contributed by atoms with Crippen LogP contribution in [0.5, 0.6) is 0 Å². The fourth-order valence-corrected chi connectivity index (χ4v) is 6.53. The predicted molar refractivity (Wildman–Crippen MR) is 213 cm³/mol. The second-order valence-corrected chi connectivity index (χ2v) is 16.1. The van der Waals surface area contributed by atoms with Crippen molar-refractivity contribution in [3.8, 4) is 0 Å². The van der Waals surface area contributed by atoms with E-state index in [0.29, 0.717) is 38.9 Å². The first-order valence-electron chi connectivity index (χ1n) is 21.9. The van der Waals surface area contributed by atoms with Gasteiger partial charge in [-0.25, -0.2) is 0 Å². The Bertz CT molecular complexity index is 920. The molecule has 0 amide bonds. The Hall–Kier alpha value is -2.20. The Morgan fingerprint density at radius 2 is 0.852 bits per heavy atom. The molecule has 316 valence electrons. The number of ether oxygens (including phenoxy) is 6. The van der Waals surface area contributed by atoms with E-state index in [1.165, 1.54) is 25.7 Å². The molecule has 0 aliphatic carbocycles. The Balaban J connectivity index is 2.38. The van der Waals surface area contributed by atoms with Crippen LogP contribution in [0.25, 0.3) is 0 Å². The molecule has 10 nitrogen and oxygen atoms in total. The predicted octanol–water partition coefficient (Wildman–Crippen LogP) is 10.6. The maximum Gasteiger partial charge on any atom is 0.308 e. The number of hydrogen-bond donors (Lipinski definition) is 0. The van der Waals surface area contributed by atoms with E-state index in [-0.39, 0.29) is 75.0 Å². The Labute approximate surface area is 329 Å². The summed E-state index contributed by atoms with van der Waals surface area (Å²) in [5, 5.41) is 0. The maximum atomic E-state index is 12.7. The van der Waals surface area contributed by atoms with Crippen LogP contribution in [0.4, 0.5) is 0 Å². The van der Waals surface area contributed by atoms with Gasteiger partial charge in [0.2, 0.25) is 0 Å². The molecule has 0 N–H and O–H groups in total. The van der Waals surface area contributed by atoms with E-state index in [0.717, 1.165) is 89.9 Å². The summed E-state index contributed by atoms with van der Waals surface area (Å²) in [5.41, 5.74) is -0.793. The Morgan fingerprint density at radius 3 is 1.24 bits per heavy atom. The molecule has 0 saturated carbocycles. The van der Waals surface area contributed by atoms with Crippen molar-refractivity contribution in [3.63, 3.8) is 0 Å². The summed E-state index contributed by atoms with van der Waals surface area (Å²) in [5.74, 6) is -1.62. The van der Waals surface area contributed by atoms with Crippen LogP contribution in [-0.4, -0.2) is 69.3 Å². The fraction of sp³-hybridized carbons (Fsp3) is 0.909. The third-order valence-corrected chi connectivity index (χ3v) is 10.4. The standard InChI is InChI=1S/C44H80O10/c1-7-11-15-19-27-37(25-13-9-3)41(47)49-31-23-17-21-29-39(45)51-33-44(35-53-43(5,6)54-36-44)34-52-40(46)30-22-18-24-32-50-42(48)38(26-14-10-4)28-20-16-12-8-2/h37-38H,7-36H2,1-6H3. The Morgan fingerprint density at radius 1 is 0.481 bits per heavy atom. The van der Waals surface area contributed by atoms with E-state index >= 15 is 0 Å². The number of hydrogen-bond acceptors (Lipinski definition) is 10. The highest BCUT2D eigenvalue weighted by molar-refractivity contribution is 5.73. The minimum absolute atomic E-state index is 0.0114. The van der Waals surface area contributed by atoms with Crippen LogP contribution in [0.1, 0.15) is 196 Å². The molecule has 54 heavy (non-hydrogen) atoms. The second-order valence-electron chi connectivity index (χ2n) is 16.1. The molecule has 1 aliphatic rings. The molecule has 10 heteroatoms. The molecule has 2 atom stereocenters. The van der Waals surface area contributed by atoms with E-state index in [1.54, 1.807) is 0 Å². The fourth-order valence-electron chi connectivity index (χ4n) is 6.53. The molecular formula is C44H80O10. The van der Waals surface area contributed by atoms with Gasteiger partial charge in [-0.3, -0.25) is 19.2 Å². The minimum atomic E-state index is -0.793.